The molecule has 1 aromatic carbocycles. The highest BCUT2D eigenvalue weighted by Crippen LogP contribution is 2.36. The molecule has 1 aliphatic carbocycles. The molecule has 1 aromatic rings. The van der Waals surface area contributed by atoms with Crippen molar-refractivity contribution in [1.29, 1.82) is 0 Å². The molecule has 1 atom stereocenters. The predicted molar refractivity (Wildman–Crippen MR) is 82.9 cm³/mol. The number of nitrogens with one attached hydrogen (secondary N) is 1. The van der Waals surface area contributed by atoms with Crippen LogP contribution in [0.15, 0.2) is 29.4 Å². The van der Waals surface area contributed by atoms with Gasteiger partial charge in [-0.05, 0) is 49.1 Å². The van der Waals surface area contributed by atoms with Crippen LogP contribution in [-0.4, -0.2) is 11.6 Å². The zero-order chi connectivity index (χ0) is 14.8. The Morgan fingerprint density at radius 3 is 2.70 bits per heavy atom. The Morgan fingerprint density at radius 2 is 2.05 bits per heavy atom. The Labute approximate surface area is 121 Å². The minimum Gasteiger partial charge on any atom is -0.267 e. The van der Waals surface area contributed by atoms with E-state index in [1.54, 1.807) is 0 Å². The van der Waals surface area contributed by atoms with Crippen LogP contribution in [0.4, 0.5) is 0 Å². The first kappa shape index (κ1) is 14.8. The quantitative estimate of drug-likeness (QED) is 0.814. The van der Waals surface area contributed by atoms with Crippen molar-refractivity contribution >= 4 is 11.6 Å². The minimum absolute atomic E-state index is 0.119. The molecule has 20 heavy (non-hydrogen) atoms. The van der Waals surface area contributed by atoms with Crippen LogP contribution in [-0.2, 0) is 0 Å². The van der Waals surface area contributed by atoms with Gasteiger partial charge in [0.2, 0.25) is 0 Å². The third kappa shape index (κ3) is 3.69. The highest BCUT2D eigenvalue weighted by molar-refractivity contribution is 5.96. The molecule has 3 heteroatoms. The molecule has 1 N–H and O–H groups in total. The van der Waals surface area contributed by atoms with E-state index in [0.717, 1.165) is 24.1 Å². The number of hydrogen-bond acceptors (Lipinski definition) is 2. The van der Waals surface area contributed by atoms with Crippen molar-refractivity contribution in [3.8, 4) is 0 Å². The SMILES string of the molecule is Cc1ccccc1C(=O)N/N=C1/C[C@@H](C)CC(C)(C)C1. The largest absolute Gasteiger partial charge is 0.271 e. The number of hydrazone groups is 1. The van der Waals surface area contributed by atoms with E-state index in [1.807, 2.05) is 31.2 Å². The zero-order valence-electron chi connectivity index (χ0n) is 12.9. The second kappa shape index (κ2) is 5.78. The van der Waals surface area contributed by atoms with E-state index in [9.17, 15) is 4.79 Å². The van der Waals surface area contributed by atoms with E-state index in [-0.39, 0.29) is 11.3 Å². The highest BCUT2D eigenvalue weighted by atomic mass is 16.2. The fourth-order valence-corrected chi connectivity index (χ4v) is 3.22. The van der Waals surface area contributed by atoms with Crippen LogP contribution in [0.5, 0.6) is 0 Å². The van der Waals surface area contributed by atoms with Crippen molar-refractivity contribution < 1.29 is 4.79 Å². The summed E-state index contributed by atoms with van der Waals surface area (Å²) in [6.07, 6.45) is 3.17. The topological polar surface area (TPSA) is 41.5 Å². The van der Waals surface area contributed by atoms with Crippen LogP contribution in [0.3, 0.4) is 0 Å². The number of rotatable bonds is 2. The normalized spacial score (nSPS) is 23.6. The van der Waals surface area contributed by atoms with Gasteiger partial charge in [-0.25, -0.2) is 5.43 Å². The van der Waals surface area contributed by atoms with Crippen LogP contribution in [0, 0.1) is 18.3 Å². The fourth-order valence-electron chi connectivity index (χ4n) is 3.22. The number of carbonyl (C=O) groups is 1. The molecular weight excluding hydrogens is 248 g/mol. The van der Waals surface area contributed by atoms with Crippen LogP contribution in [0.25, 0.3) is 0 Å². The monoisotopic (exact) mass is 272 g/mol. The Morgan fingerprint density at radius 1 is 1.35 bits per heavy atom. The summed E-state index contributed by atoms with van der Waals surface area (Å²) in [6.45, 7) is 8.72. The van der Waals surface area contributed by atoms with E-state index in [0.29, 0.717) is 11.5 Å². The lowest BCUT2D eigenvalue weighted by Crippen LogP contribution is -2.30. The molecular formula is C17H24N2O. The summed E-state index contributed by atoms with van der Waals surface area (Å²) in [5.74, 6) is 0.513. The smallest absolute Gasteiger partial charge is 0.267 e. The molecule has 2 rings (SSSR count). The van der Waals surface area contributed by atoms with Gasteiger partial charge in [0.25, 0.3) is 5.91 Å². The lowest BCUT2D eigenvalue weighted by atomic mass is 9.72. The molecule has 0 aliphatic heterocycles. The molecule has 0 saturated heterocycles. The summed E-state index contributed by atoms with van der Waals surface area (Å²) in [6, 6.07) is 7.58. The van der Waals surface area contributed by atoms with Crippen LogP contribution in [0.1, 0.15) is 56.0 Å². The number of aryl methyl sites for hydroxylation is 1. The fraction of sp³-hybridized carbons (Fsp3) is 0.529. The number of benzene rings is 1. The molecule has 1 saturated carbocycles. The third-order valence-electron chi connectivity index (χ3n) is 3.87. The molecule has 1 fully saturated rings. The molecule has 0 heterocycles. The van der Waals surface area contributed by atoms with Gasteiger partial charge in [0.15, 0.2) is 0 Å². The molecule has 3 nitrogen and oxygen atoms in total. The standard InChI is InChI=1S/C17H24N2O/c1-12-9-14(11-17(3,4)10-12)18-19-16(20)15-8-6-5-7-13(15)2/h5-8,12H,9-11H2,1-4H3,(H,19,20)/b18-14-/t12-/m1/s1. The lowest BCUT2D eigenvalue weighted by Gasteiger charge is -2.34. The van der Waals surface area contributed by atoms with Crippen molar-refractivity contribution in [2.45, 2.75) is 47.0 Å². The van der Waals surface area contributed by atoms with Gasteiger partial charge in [-0.2, -0.15) is 5.10 Å². The van der Waals surface area contributed by atoms with E-state index >= 15 is 0 Å². The zero-order valence-corrected chi connectivity index (χ0v) is 12.9. The summed E-state index contributed by atoms with van der Waals surface area (Å²) < 4.78 is 0. The van der Waals surface area contributed by atoms with Crippen LogP contribution < -0.4 is 5.43 Å². The summed E-state index contributed by atoms with van der Waals surface area (Å²) in [7, 11) is 0. The van der Waals surface area contributed by atoms with E-state index in [1.165, 1.54) is 6.42 Å². The maximum atomic E-state index is 12.1. The summed E-state index contributed by atoms with van der Waals surface area (Å²) in [4.78, 5) is 12.1. The second-order valence-corrected chi connectivity index (χ2v) is 6.79. The third-order valence-corrected chi connectivity index (χ3v) is 3.87. The number of hydrogen-bond donors (Lipinski definition) is 1. The Hall–Kier alpha value is -1.64. The number of carbonyl (C=O) groups excluding carboxylic acids is 1. The summed E-state index contributed by atoms with van der Waals surface area (Å²) in [5.41, 5.74) is 5.77. The molecule has 0 bridgehead atoms. The molecule has 0 aromatic heterocycles. The summed E-state index contributed by atoms with van der Waals surface area (Å²) >= 11 is 0. The lowest BCUT2D eigenvalue weighted by molar-refractivity contribution is 0.0953. The predicted octanol–water partition coefficient (Wildman–Crippen LogP) is 3.93. The van der Waals surface area contributed by atoms with Crippen molar-refractivity contribution in [2.24, 2.45) is 16.4 Å². The van der Waals surface area contributed by atoms with Gasteiger partial charge in [-0.1, -0.05) is 39.0 Å². The van der Waals surface area contributed by atoms with Crippen molar-refractivity contribution in [3.05, 3.63) is 35.4 Å². The van der Waals surface area contributed by atoms with Gasteiger partial charge < -0.3 is 0 Å². The van der Waals surface area contributed by atoms with E-state index in [4.69, 9.17) is 0 Å². The van der Waals surface area contributed by atoms with E-state index in [2.05, 4.69) is 31.3 Å². The van der Waals surface area contributed by atoms with Crippen molar-refractivity contribution in [3.63, 3.8) is 0 Å². The van der Waals surface area contributed by atoms with Gasteiger partial charge in [0, 0.05) is 11.3 Å². The Bertz CT molecular complexity index is 532. The second-order valence-electron chi connectivity index (χ2n) is 6.79. The van der Waals surface area contributed by atoms with E-state index < -0.39 is 0 Å². The first-order valence-electron chi connectivity index (χ1n) is 7.29. The first-order valence-corrected chi connectivity index (χ1v) is 7.29. The minimum atomic E-state index is -0.119. The molecule has 108 valence electrons. The number of amides is 1. The maximum Gasteiger partial charge on any atom is 0.271 e. The van der Waals surface area contributed by atoms with Gasteiger partial charge in [-0.3, -0.25) is 4.79 Å². The maximum absolute atomic E-state index is 12.1. The van der Waals surface area contributed by atoms with Crippen molar-refractivity contribution in [1.82, 2.24) is 5.43 Å². The molecule has 0 radical (unpaired) electrons. The highest BCUT2D eigenvalue weighted by Gasteiger charge is 2.29. The first-order chi connectivity index (χ1) is 9.37. The van der Waals surface area contributed by atoms with Gasteiger partial charge in [0.05, 0.1) is 0 Å². The summed E-state index contributed by atoms with van der Waals surface area (Å²) in [5, 5.41) is 4.36. The van der Waals surface area contributed by atoms with Gasteiger partial charge in [0.1, 0.15) is 0 Å². The van der Waals surface area contributed by atoms with Gasteiger partial charge in [-0.15, -0.1) is 0 Å². The van der Waals surface area contributed by atoms with Crippen LogP contribution >= 0.6 is 0 Å². The average molecular weight is 272 g/mol. The Kier molecular flexibility index (Phi) is 4.26. The molecule has 1 amide bonds. The number of nitrogens with zero attached hydrogens (tertiary/aromatic N) is 1. The molecule has 0 spiro atoms. The van der Waals surface area contributed by atoms with Crippen LogP contribution in [0.2, 0.25) is 0 Å². The average Bonchev–Trinajstić information content (AvgIpc) is 2.34. The van der Waals surface area contributed by atoms with Crippen molar-refractivity contribution in [2.75, 3.05) is 0 Å². The van der Waals surface area contributed by atoms with Gasteiger partial charge >= 0.3 is 0 Å². The molecule has 0 unspecified atom stereocenters. The molecule has 1 aliphatic rings. The Balaban J connectivity index is 2.06.